The summed E-state index contributed by atoms with van der Waals surface area (Å²) >= 11 is 0. The fourth-order valence-corrected chi connectivity index (χ4v) is 3.15. The van der Waals surface area contributed by atoms with E-state index in [9.17, 15) is 9.59 Å². The number of hydrogen-bond acceptors (Lipinski definition) is 4. The molecule has 0 aromatic rings. The van der Waals surface area contributed by atoms with Crippen molar-refractivity contribution in [2.75, 3.05) is 20.6 Å². The van der Waals surface area contributed by atoms with Crippen molar-refractivity contribution in [3.05, 3.63) is 0 Å². The van der Waals surface area contributed by atoms with Crippen LogP contribution in [-0.2, 0) is 9.59 Å². The van der Waals surface area contributed by atoms with Gasteiger partial charge in [-0.15, -0.1) is 0 Å². The second-order valence-corrected chi connectivity index (χ2v) is 6.58. The van der Waals surface area contributed by atoms with Crippen LogP contribution in [0.5, 0.6) is 0 Å². The zero-order chi connectivity index (χ0) is 16.0. The van der Waals surface area contributed by atoms with E-state index in [1.807, 2.05) is 0 Å². The summed E-state index contributed by atoms with van der Waals surface area (Å²) in [5, 5.41) is 11.5. The second-order valence-electron chi connectivity index (χ2n) is 6.58. The van der Waals surface area contributed by atoms with Crippen LogP contribution in [0.2, 0.25) is 0 Å². The molecule has 122 valence electrons. The molecule has 1 saturated carbocycles. The second kappa shape index (κ2) is 7.75. The first-order valence-electron chi connectivity index (χ1n) is 7.69. The summed E-state index contributed by atoms with van der Waals surface area (Å²) in [7, 11) is 4.10. The van der Waals surface area contributed by atoms with Gasteiger partial charge in [-0.1, -0.05) is 19.8 Å². The lowest BCUT2D eigenvalue weighted by molar-refractivity contribution is -0.137. The van der Waals surface area contributed by atoms with E-state index in [0.29, 0.717) is 12.5 Å². The lowest BCUT2D eigenvalue weighted by atomic mass is 9.75. The molecule has 1 fully saturated rings. The van der Waals surface area contributed by atoms with E-state index in [0.717, 1.165) is 12.8 Å². The number of aliphatic carboxylic acids is 1. The molecule has 1 amide bonds. The third kappa shape index (κ3) is 5.28. The molecule has 3 unspecified atom stereocenters. The Kier molecular flexibility index (Phi) is 6.61. The Morgan fingerprint density at radius 2 is 2.14 bits per heavy atom. The molecule has 1 aliphatic rings. The molecule has 6 heteroatoms. The molecular weight excluding hydrogens is 270 g/mol. The van der Waals surface area contributed by atoms with Gasteiger partial charge in [0.25, 0.3) is 0 Å². The quantitative estimate of drug-likeness (QED) is 0.646. The van der Waals surface area contributed by atoms with E-state index in [-0.39, 0.29) is 24.3 Å². The Morgan fingerprint density at radius 1 is 1.48 bits per heavy atom. The van der Waals surface area contributed by atoms with Crippen molar-refractivity contribution < 1.29 is 14.7 Å². The highest BCUT2D eigenvalue weighted by Crippen LogP contribution is 2.35. The molecule has 0 heterocycles. The number of hydrogen-bond donors (Lipinski definition) is 3. The number of nitrogens with two attached hydrogens (primary N) is 1. The topological polar surface area (TPSA) is 95.7 Å². The monoisotopic (exact) mass is 299 g/mol. The minimum Gasteiger partial charge on any atom is -0.481 e. The maximum Gasteiger partial charge on any atom is 0.303 e. The highest BCUT2D eigenvalue weighted by atomic mass is 16.4. The highest BCUT2D eigenvalue weighted by molar-refractivity contribution is 5.82. The molecule has 0 saturated heterocycles. The van der Waals surface area contributed by atoms with Crippen LogP contribution in [-0.4, -0.2) is 54.1 Å². The minimum atomic E-state index is -0.927. The van der Waals surface area contributed by atoms with Gasteiger partial charge >= 0.3 is 5.97 Å². The standard InChI is InChI=1S/C15H29N3O3/c1-11-5-4-8-15(9-11,18(2)3)10-17-14(21)12(16)6-7-13(19)20/h11-12H,4-10,16H2,1-3H3,(H,17,21)(H,19,20). The average molecular weight is 299 g/mol. The number of carbonyl (C=O) groups is 2. The summed E-state index contributed by atoms with van der Waals surface area (Å²) in [6, 6.07) is -0.749. The summed E-state index contributed by atoms with van der Waals surface area (Å²) in [4.78, 5) is 24.7. The zero-order valence-corrected chi connectivity index (χ0v) is 13.4. The van der Waals surface area contributed by atoms with Crippen molar-refractivity contribution in [1.82, 2.24) is 10.2 Å². The minimum absolute atomic E-state index is 0.0140. The first-order chi connectivity index (χ1) is 9.77. The number of amides is 1. The Hall–Kier alpha value is -1.14. The molecule has 1 aliphatic carbocycles. The zero-order valence-electron chi connectivity index (χ0n) is 13.4. The van der Waals surface area contributed by atoms with Gasteiger partial charge in [-0.25, -0.2) is 0 Å². The molecule has 21 heavy (non-hydrogen) atoms. The fraction of sp³-hybridized carbons (Fsp3) is 0.867. The van der Waals surface area contributed by atoms with Crippen LogP contribution >= 0.6 is 0 Å². The van der Waals surface area contributed by atoms with Gasteiger partial charge in [0.15, 0.2) is 0 Å². The summed E-state index contributed by atoms with van der Waals surface area (Å²) in [5.41, 5.74) is 5.72. The Labute approximate surface area is 127 Å². The van der Waals surface area contributed by atoms with Gasteiger partial charge in [-0.2, -0.15) is 0 Å². The molecule has 0 aliphatic heterocycles. The maximum absolute atomic E-state index is 12.0. The van der Waals surface area contributed by atoms with Crippen LogP contribution in [0.1, 0.15) is 45.4 Å². The maximum atomic E-state index is 12.0. The van der Waals surface area contributed by atoms with Crippen LogP contribution in [0.4, 0.5) is 0 Å². The van der Waals surface area contributed by atoms with Crippen LogP contribution < -0.4 is 11.1 Å². The lowest BCUT2D eigenvalue weighted by Gasteiger charge is -2.45. The Balaban J connectivity index is 2.53. The average Bonchev–Trinajstić information content (AvgIpc) is 2.41. The summed E-state index contributed by atoms with van der Waals surface area (Å²) in [5.74, 6) is -0.529. The lowest BCUT2D eigenvalue weighted by Crippen LogP contribution is -2.56. The Morgan fingerprint density at radius 3 is 2.67 bits per heavy atom. The number of likely N-dealkylation sites (N-methyl/N-ethyl adjacent to an activating group) is 1. The largest absolute Gasteiger partial charge is 0.481 e. The van der Waals surface area contributed by atoms with Crippen LogP contribution in [0, 0.1) is 5.92 Å². The molecular formula is C15H29N3O3. The first kappa shape index (κ1) is 17.9. The van der Waals surface area contributed by atoms with E-state index in [2.05, 4.69) is 31.2 Å². The fourth-order valence-electron chi connectivity index (χ4n) is 3.15. The summed E-state index contributed by atoms with van der Waals surface area (Å²) in [6.45, 7) is 2.82. The van der Waals surface area contributed by atoms with E-state index in [1.54, 1.807) is 0 Å². The van der Waals surface area contributed by atoms with Crippen molar-refractivity contribution in [2.24, 2.45) is 11.7 Å². The molecule has 0 aromatic carbocycles. The number of nitrogens with zero attached hydrogens (tertiary/aromatic N) is 1. The molecule has 0 spiro atoms. The van der Waals surface area contributed by atoms with E-state index in [1.165, 1.54) is 12.8 Å². The predicted molar refractivity (Wildman–Crippen MR) is 81.9 cm³/mol. The number of carboxylic acids is 1. The van der Waals surface area contributed by atoms with Gasteiger partial charge in [-0.05, 0) is 39.3 Å². The molecule has 3 atom stereocenters. The van der Waals surface area contributed by atoms with Crippen LogP contribution in [0.15, 0.2) is 0 Å². The van der Waals surface area contributed by atoms with Gasteiger partial charge in [0.2, 0.25) is 5.91 Å². The number of rotatable bonds is 7. The van der Waals surface area contributed by atoms with E-state index < -0.39 is 12.0 Å². The highest BCUT2D eigenvalue weighted by Gasteiger charge is 2.37. The number of carbonyl (C=O) groups excluding carboxylic acids is 1. The third-order valence-corrected chi connectivity index (χ3v) is 4.61. The molecule has 0 aromatic heterocycles. The number of nitrogens with one attached hydrogen (secondary N) is 1. The molecule has 0 radical (unpaired) electrons. The van der Waals surface area contributed by atoms with Crippen LogP contribution in [0.25, 0.3) is 0 Å². The van der Waals surface area contributed by atoms with Gasteiger partial charge in [0, 0.05) is 18.5 Å². The first-order valence-corrected chi connectivity index (χ1v) is 7.69. The van der Waals surface area contributed by atoms with E-state index >= 15 is 0 Å². The summed E-state index contributed by atoms with van der Waals surface area (Å²) < 4.78 is 0. The third-order valence-electron chi connectivity index (χ3n) is 4.61. The molecule has 4 N–H and O–H groups in total. The predicted octanol–water partition coefficient (Wildman–Crippen LogP) is 0.805. The van der Waals surface area contributed by atoms with Gasteiger partial charge < -0.3 is 21.1 Å². The van der Waals surface area contributed by atoms with Crippen molar-refractivity contribution in [3.8, 4) is 0 Å². The van der Waals surface area contributed by atoms with Crippen molar-refractivity contribution in [3.63, 3.8) is 0 Å². The number of carboxylic acid groups (broad SMARTS) is 1. The smallest absolute Gasteiger partial charge is 0.303 e. The summed E-state index contributed by atoms with van der Waals surface area (Å²) in [6.07, 6.45) is 4.62. The van der Waals surface area contributed by atoms with E-state index in [4.69, 9.17) is 10.8 Å². The van der Waals surface area contributed by atoms with Crippen molar-refractivity contribution in [2.45, 2.75) is 57.0 Å². The SMILES string of the molecule is CC1CCCC(CNC(=O)C(N)CCC(=O)O)(N(C)C)C1. The van der Waals surface area contributed by atoms with Gasteiger partial charge in [-0.3, -0.25) is 9.59 Å². The Bertz CT molecular complexity index is 373. The van der Waals surface area contributed by atoms with Crippen molar-refractivity contribution in [1.29, 1.82) is 0 Å². The van der Waals surface area contributed by atoms with Gasteiger partial charge in [0.05, 0.1) is 6.04 Å². The molecule has 1 rings (SSSR count). The molecule has 6 nitrogen and oxygen atoms in total. The molecule has 0 bridgehead atoms. The van der Waals surface area contributed by atoms with Gasteiger partial charge in [0.1, 0.15) is 0 Å². The van der Waals surface area contributed by atoms with Crippen molar-refractivity contribution >= 4 is 11.9 Å². The normalized spacial score (nSPS) is 27.4. The van der Waals surface area contributed by atoms with Crippen LogP contribution in [0.3, 0.4) is 0 Å².